The van der Waals surface area contributed by atoms with E-state index in [0.29, 0.717) is 24.6 Å². The van der Waals surface area contributed by atoms with Gasteiger partial charge in [-0.15, -0.1) is 0 Å². The number of rotatable bonds is 9. The van der Waals surface area contributed by atoms with Gasteiger partial charge in [0.2, 0.25) is 5.91 Å². The number of hydrogen-bond acceptors (Lipinski definition) is 5. The molecule has 2 aliphatic rings. The van der Waals surface area contributed by atoms with E-state index in [1.54, 1.807) is 12.1 Å². The fourth-order valence-electron chi connectivity index (χ4n) is 4.79. The molecule has 2 saturated heterocycles. The van der Waals surface area contributed by atoms with Gasteiger partial charge in [-0.3, -0.25) is 4.79 Å². The zero-order valence-corrected chi connectivity index (χ0v) is 19.0. The van der Waals surface area contributed by atoms with Crippen molar-refractivity contribution < 1.29 is 19.4 Å². The first kappa shape index (κ1) is 23.1. The Balaban J connectivity index is 1.47. The van der Waals surface area contributed by atoms with E-state index in [-0.39, 0.29) is 18.6 Å². The molecular weight excluding hydrogens is 418 g/mol. The molecule has 7 heteroatoms. The summed E-state index contributed by atoms with van der Waals surface area (Å²) in [5.74, 6) is 0.383. The minimum atomic E-state index is -1.01. The molecule has 7 nitrogen and oxygen atoms in total. The highest BCUT2D eigenvalue weighted by Gasteiger charge is 2.35. The summed E-state index contributed by atoms with van der Waals surface area (Å²) in [6.45, 7) is 4.09. The molecule has 0 radical (unpaired) electrons. The Bertz CT molecular complexity index is 913. The van der Waals surface area contributed by atoms with Crippen LogP contribution in [0.3, 0.4) is 0 Å². The van der Waals surface area contributed by atoms with Gasteiger partial charge in [0.15, 0.2) is 6.61 Å². The zero-order valence-electron chi connectivity index (χ0n) is 19.0. The maximum atomic E-state index is 13.6. The molecule has 1 atom stereocenters. The van der Waals surface area contributed by atoms with Gasteiger partial charge in [0, 0.05) is 31.7 Å². The van der Waals surface area contributed by atoms with Crippen LogP contribution in [0.2, 0.25) is 0 Å². The van der Waals surface area contributed by atoms with Gasteiger partial charge in [-0.05, 0) is 68.1 Å². The number of aliphatic carboxylic acids is 1. The number of nitrogens with zero attached hydrogens (tertiary/aromatic N) is 2. The van der Waals surface area contributed by atoms with Crippen LogP contribution in [0.4, 0.5) is 5.69 Å². The van der Waals surface area contributed by atoms with Crippen LogP contribution in [0.1, 0.15) is 24.8 Å². The normalized spacial score (nSPS) is 19.5. The second kappa shape index (κ2) is 11.2. The molecule has 176 valence electrons. The molecule has 4 rings (SSSR count). The largest absolute Gasteiger partial charge is 0.482 e. The van der Waals surface area contributed by atoms with Gasteiger partial charge in [0.1, 0.15) is 11.8 Å². The van der Waals surface area contributed by atoms with Crippen molar-refractivity contribution in [3.8, 4) is 5.75 Å². The molecule has 2 N–H and O–H groups in total. The molecule has 2 aromatic rings. The Kier molecular flexibility index (Phi) is 7.83. The third-order valence-electron chi connectivity index (χ3n) is 6.65. The first-order valence-electron chi connectivity index (χ1n) is 11.8. The molecule has 0 aliphatic carbocycles. The fourth-order valence-corrected chi connectivity index (χ4v) is 4.79. The lowest BCUT2D eigenvalue weighted by Gasteiger charge is -2.42. The second-order valence-corrected chi connectivity index (χ2v) is 8.88. The third kappa shape index (κ3) is 6.26. The van der Waals surface area contributed by atoms with Gasteiger partial charge in [-0.25, -0.2) is 4.79 Å². The number of benzene rings is 2. The molecule has 0 aromatic heterocycles. The van der Waals surface area contributed by atoms with E-state index in [4.69, 9.17) is 9.84 Å². The highest BCUT2D eigenvalue weighted by atomic mass is 16.5. The Hall–Kier alpha value is -3.06. The molecule has 1 amide bonds. The highest BCUT2D eigenvalue weighted by Crippen LogP contribution is 2.27. The van der Waals surface area contributed by atoms with Crippen LogP contribution >= 0.6 is 0 Å². The zero-order chi connectivity index (χ0) is 23.0. The van der Waals surface area contributed by atoms with E-state index >= 15 is 0 Å². The van der Waals surface area contributed by atoms with E-state index in [0.717, 1.165) is 43.9 Å². The number of hydrogen-bond donors (Lipinski definition) is 2. The molecule has 2 aliphatic heterocycles. The highest BCUT2D eigenvalue weighted by molar-refractivity contribution is 5.87. The molecule has 0 spiro atoms. The number of amides is 1. The standard InChI is InChI=1S/C26H33N3O4/c30-25(31)19-33-23-8-6-22(7-9-23)29-17-16-28(15-12-20-10-13-27-14-11-20)26(32)24(29)18-21-4-2-1-3-5-21/h1-9,20,24,27H,10-19H2,(H,30,31). The van der Waals surface area contributed by atoms with Crippen molar-refractivity contribution in [3.63, 3.8) is 0 Å². The van der Waals surface area contributed by atoms with Gasteiger partial charge in [-0.1, -0.05) is 30.3 Å². The summed E-state index contributed by atoms with van der Waals surface area (Å²) in [6, 6.07) is 17.3. The average Bonchev–Trinajstić information content (AvgIpc) is 2.85. The van der Waals surface area contributed by atoms with Crippen LogP contribution in [0.5, 0.6) is 5.75 Å². The number of carboxylic acids is 1. The van der Waals surface area contributed by atoms with Crippen LogP contribution in [-0.2, 0) is 16.0 Å². The maximum Gasteiger partial charge on any atom is 0.341 e. The van der Waals surface area contributed by atoms with Crippen LogP contribution < -0.4 is 15.0 Å². The van der Waals surface area contributed by atoms with Crippen molar-refractivity contribution >= 4 is 17.6 Å². The molecule has 33 heavy (non-hydrogen) atoms. The Labute approximate surface area is 195 Å². The van der Waals surface area contributed by atoms with Crippen LogP contribution in [-0.4, -0.2) is 67.3 Å². The van der Waals surface area contributed by atoms with Crippen LogP contribution in [0, 0.1) is 5.92 Å². The van der Waals surface area contributed by atoms with Crippen molar-refractivity contribution in [2.75, 3.05) is 44.2 Å². The lowest BCUT2D eigenvalue weighted by molar-refractivity contribution is -0.139. The fraction of sp³-hybridized carbons (Fsp3) is 0.462. The van der Waals surface area contributed by atoms with Gasteiger partial charge < -0.3 is 25.0 Å². The monoisotopic (exact) mass is 451 g/mol. The van der Waals surface area contributed by atoms with Crippen molar-refractivity contribution in [1.29, 1.82) is 0 Å². The Morgan fingerprint density at radius 3 is 2.45 bits per heavy atom. The van der Waals surface area contributed by atoms with E-state index < -0.39 is 5.97 Å². The number of carboxylic acid groups (broad SMARTS) is 1. The summed E-state index contributed by atoms with van der Waals surface area (Å²) in [5, 5.41) is 12.2. The number of piperidine rings is 1. The van der Waals surface area contributed by atoms with Gasteiger partial charge in [-0.2, -0.15) is 0 Å². The van der Waals surface area contributed by atoms with E-state index in [9.17, 15) is 9.59 Å². The smallest absolute Gasteiger partial charge is 0.341 e. The van der Waals surface area contributed by atoms with Crippen LogP contribution in [0.25, 0.3) is 0 Å². The summed E-state index contributed by atoms with van der Waals surface area (Å²) >= 11 is 0. The van der Waals surface area contributed by atoms with Crippen molar-refractivity contribution in [3.05, 3.63) is 60.2 Å². The van der Waals surface area contributed by atoms with Gasteiger partial charge in [0.05, 0.1) is 0 Å². The van der Waals surface area contributed by atoms with Gasteiger partial charge >= 0.3 is 5.97 Å². The SMILES string of the molecule is O=C(O)COc1ccc(N2CCN(CCC3CCNCC3)C(=O)C2Cc2ccccc2)cc1. The summed E-state index contributed by atoms with van der Waals surface area (Å²) in [4.78, 5) is 28.6. The predicted molar refractivity (Wildman–Crippen MR) is 128 cm³/mol. The molecule has 2 fully saturated rings. The topological polar surface area (TPSA) is 82.1 Å². The summed E-state index contributed by atoms with van der Waals surface area (Å²) in [6.07, 6.45) is 4.11. The summed E-state index contributed by atoms with van der Waals surface area (Å²) in [7, 11) is 0. The Morgan fingerprint density at radius 1 is 1.03 bits per heavy atom. The van der Waals surface area contributed by atoms with E-state index in [1.165, 1.54) is 12.8 Å². The van der Waals surface area contributed by atoms with Gasteiger partial charge in [0.25, 0.3) is 0 Å². The minimum Gasteiger partial charge on any atom is -0.482 e. The number of piperazine rings is 1. The average molecular weight is 452 g/mol. The number of nitrogens with one attached hydrogen (secondary N) is 1. The molecule has 2 aromatic carbocycles. The maximum absolute atomic E-state index is 13.6. The summed E-state index contributed by atoms with van der Waals surface area (Å²) < 4.78 is 5.26. The number of anilines is 1. The third-order valence-corrected chi connectivity index (χ3v) is 6.65. The van der Waals surface area contributed by atoms with E-state index in [2.05, 4.69) is 27.2 Å². The van der Waals surface area contributed by atoms with Crippen molar-refractivity contribution in [2.24, 2.45) is 5.92 Å². The first-order valence-corrected chi connectivity index (χ1v) is 11.8. The molecule has 1 unspecified atom stereocenters. The number of carbonyl (C=O) groups is 2. The molecular formula is C26H33N3O4. The molecule has 2 heterocycles. The Morgan fingerprint density at radius 2 is 1.76 bits per heavy atom. The molecule has 0 saturated carbocycles. The second-order valence-electron chi connectivity index (χ2n) is 8.88. The van der Waals surface area contributed by atoms with Crippen molar-refractivity contribution in [1.82, 2.24) is 10.2 Å². The van der Waals surface area contributed by atoms with E-state index in [1.807, 2.05) is 30.3 Å². The molecule has 0 bridgehead atoms. The minimum absolute atomic E-state index is 0.185. The predicted octanol–water partition coefficient (Wildman–Crippen LogP) is 2.80. The summed E-state index contributed by atoms with van der Waals surface area (Å²) in [5.41, 5.74) is 2.09. The first-order chi connectivity index (χ1) is 16.1. The quantitative estimate of drug-likeness (QED) is 0.610. The lowest BCUT2D eigenvalue weighted by atomic mass is 9.94. The lowest BCUT2D eigenvalue weighted by Crippen LogP contribution is -2.58. The van der Waals surface area contributed by atoms with Crippen molar-refractivity contribution in [2.45, 2.75) is 31.7 Å². The van der Waals surface area contributed by atoms with Crippen LogP contribution in [0.15, 0.2) is 54.6 Å². The number of ether oxygens (including phenoxy) is 1. The number of carbonyl (C=O) groups excluding carboxylic acids is 1.